The molecular weight excluding hydrogens is 489 g/mol. The number of aromatic nitrogens is 2. The molecule has 0 atom stereocenters. The average molecular weight is 525 g/mol. The molecule has 6 nitrogen and oxygen atoms in total. The van der Waals surface area contributed by atoms with Crippen molar-refractivity contribution in [1.82, 2.24) is 20.4 Å². The number of ether oxygens (including phenoxy) is 1. The van der Waals surface area contributed by atoms with Gasteiger partial charge in [0.15, 0.2) is 5.96 Å². The smallest absolute Gasteiger partial charge is 0.191 e. The summed E-state index contributed by atoms with van der Waals surface area (Å²) in [6.45, 7) is 6.20. The third kappa shape index (κ3) is 7.58. The number of hydrogen-bond acceptors (Lipinski definition) is 3. The molecule has 1 aromatic heterocycles. The fourth-order valence-corrected chi connectivity index (χ4v) is 4.15. The van der Waals surface area contributed by atoms with Crippen LogP contribution in [0.4, 0.5) is 0 Å². The van der Waals surface area contributed by atoms with E-state index in [1.54, 1.807) is 7.11 Å². The number of nitrogens with zero attached hydrogens (tertiary/aromatic N) is 3. The van der Waals surface area contributed by atoms with Gasteiger partial charge in [-0.15, -0.1) is 24.0 Å². The van der Waals surface area contributed by atoms with Gasteiger partial charge in [0, 0.05) is 39.2 Å². The maximum atomic E-state index is 5.36. The summed E-state index contributed by atoms with van der Waals surface area (Å²) >= 11 is 0. The first-order valence-electron chi connectivity index (χ1n) is 10.8. The van der Waals surface area contributed by atoms with Gasteiger partial charge < -0.3 is 15.4 Å². The molecule has 0 saturated heterocycles. The van der Waals surface area contributed by atoms with E-state index >= 15 is 0 Å². The summed E-state index contributed by atoms with van der Waals surface area (Å²) in [4.78, 5) is 4.83. The minimum Gasteiger partial charge on any atom is -0.385 e. The van der Waals surface area contributed by atoms with E-state index < -0.39 is 0 Å². The van der Waals surface area contributed by atoms with E-state index in [1.165, 1.54) is 36.8 Å². The molecule has 1 fully saturated rings. The predicted octanol–water partition coefficient (Wildman–Crippen LogP) is 4.20. The van der Waals surface area contributed by atoms with Gasteiger partial charge in [-0.05, 0) is 48.8 Å². The van der Waals surface area contributed by atoms with E-state index in [9.17, 15) is 0 Å². The minimum absolute atomic E-state index is 0. The van der Waals surface area contributed by atoms with Gasteiger partial charge >= 0.3 is 0 Å². The van der Waals surface area contributed by atoms with Gasteiger partial charge in [-0.1, -0.05) is 37.1 Å². The molecule has 1 aromatic carbocycles. The molecule has 7 heteroatoms. The molecule has 1 aliphatic rings. The lowest BCUT2D eigenvalue weighted by Crippen LogP contribution is -2.43. The number of benzene rings is 1. The van der Waals surface area contributed by atoms with Crippen molar-refractivity contribution in [3.8, 4) is 0 Å². The highest BCUT2D eigenvalue weighted by Crippen LogP contribution is 2.40. The first-order chi connectivity index (χ1) is 14.2. The lowest BCUT2D eigenvalue weighted by Gasteiger charge is -2.30. The Balaban J connectivity index is 0.00000320. The Morgan fingerprint density at radius 1 is 1.20 bits per heavy atom. The molecule has 1 aliphatic carbocycles. The second-order valence-corrected chi connectivity index (χ2v) is 8.02. The van der Waals surface area contributed by atoms with Gasteiger partial charge in [0.25, 0.3) is 0 Å². The summed E-state index contributed by atoms with van der Waals surface area (Å²) in [6, 6.07) is 10.5. The van der Waals surface area contributed by atoms with Crippen LogP contribution in [-0.4, -0.2) is 42.5 Å². The van der Waals surface area contributed by atoms with Crippen molar-refractivity contribution >= 4 is 29.9 Å². The van der Waals surface area contributed by atoms with E-state index in [0.29, 0.717) is 12.0 Å². The fourth-order valence-electron chi connectivity index (χ4n) is 4.15. The summed E-state index contributed by atoms with van der Waals surface area (Å²) in [5.74, 6) is 0.897. The monoisotopic (exact) mass is 525 g/mol. The van der Waals surface area contributed by atoms with Crippen molar-refractivity contribution in [3.05, 3.63) is 53.9 Å². The number of hydrogen-bond donors (Lipinski definition) is 2. The Labute approximate surface area is 197 Å². The maximum Gasteiger partial charge on any atom is 0.191 e. The van der Waals surface area contributed by atoms with Crippen molar-refractivity contribution in [1.29, 1.82) is 0 Å². The van der Waals surface area contributed by atoms with Crippen LogP contribution in [0.5, 0.6) is 0 Å². The minimum atomic E-state index is 0. The van der Waals surface area contributed by atoms with Crippen LogP contribution in [0.2, 0.25) is 0 Å². The van der Waals surface area contributed by atoms with Crippen molar-refractivity contribution in [2.24, 2.45) is 10.4 Å². The number of methoxy groups -OCH3 is 1. The average Bonchev–Trinajstić information content (AvgIpc) is 3.42. The molecule has 0 spiro atoms. The van der Waals surface area contributed by atoms with Crippen LogP contribution in [0.3, 0.4) is 0 Å². The standard InChI is InChI=1S/C23H35N5O.HI/c1-3-24-22(26-19-23(12-15-29-2)10-4-5-11-23)25-17-20-8-6-9-21(16-20)18-28-14-7-13-27-28;/h6-9,13-14,16H,3-5,10-12,15,17-19H2,1-2H3,(H2,24,25,26);1H. The normalized spacial score (nSPS) is 15.6. The zero-order valence-corrected chi connectivity index (χ0v) is 20.6. The molecule has 0 unspecified atom stereocenters. The van der Waals surface area contributed by atoms with Gasteiger partial charge in [0.2, 0.25) is 0 Å². The molecule has 0 aliphatic heterocycles. The molecule has 1 heterocycles. The van der Waals surface area contributed by atoms with Crippen LogP contribution < -0.4 is 10.6 Å². The van der Waals surface area contributed by atoms with Crippen molar-refractivity contribution in [2.45, 2.75) is 52.1 Å². The van der Waals surface area contributed by atoms with Gasteiger partial charge in [-0.3, -0.25) is 4.68 Å². The summed E-state index contributed by atoms with van der Waals surface area (Å²) in [7, 11) is 1.79. The van der Waals surface area contributed by atoms with E-state index in [0.717, 1.165) is 38.6 Å². The second-order valence-electron chi connectivity index (χ2n) is 8.02. The van der Waals surface area contributed by atoms with Crippen LogP contribution in [0.1, 0.15) is 50.2 Å². The lowest BCUT2D eigenvalue weighted by atomic mass is 9.83. The largest absolute Gasteiger partial charge is 0.385 e. The number of rotatable bonds is 10. The number of guanidine groups is 1. The van der Waals surface area contributed by atoms with Crippen LogP contribution in [-0.2, 0) is 17.8 Å². The Morgan fingerprint density at radius 2 is 2.00 bits per heavy atom. The molecule has 1 saturated carbocycles. The quantitative estimate of drug-likeness (QED) is 0.277. The van der Waals surface area contributed by atoms with Crippen LogP contribution in [0.25, 0.3) is 0 Å². The van der Waals surface area contributed by atoms with E-state index in [2.05, 4.69) is 46.9 Å². The molecule has 2 aromatic rings. The van der Waals surface area contributed by atoms with E-state index in [1.807, 2.05) is 23.1 Å². The van der Waals surface area contributed by atoms with E-state index in [4.69, 9.17) is 9.73 Å². The van der Waals surface area contributed by atoms with Crippen LogP contribution >= 0.6 is 24.0 Å². The van der Waals surface area contributed by atoms with Gasteiger partial charge in [-0.25, -0.2) is 4.99 Å². The topological polar surface area (TPSA) is 63.5 Å². The van der Waals surface area contributed by atoms with Gasteiger partial charge in [0.1, 0.15) is 0 Å². The molecule has 0 bridgehead atoms. The Kier molecular flexibility index (Phi) is 10.6. The Morgan fingerprint density at radius 3 is 2.70 bits per heavy atom. The fraction of sp³-hybridized carbons (Fsp3) is 0.565. The molecular formula is C23H36IN5O. The van der Waals surface area contributed by atoms with Gasteiger partial charge in [0.05, 0.1) is 13.1 Å². The molecule has 166 valence electrons. The van der Waals surface area contributed by atoms with Crippen LogP contribution in [0.15, 0.2) is 47.7 Å². The zero-order valence-electron chi connectivity index (χ0n) is 18.3. The third-order valence-electron chi connectivity index (χ3n) is 5.79. The third-order valence-corrected chi connectivity index (χ3v) is 5.79. The number of halogens is 1. The molecule has 2 N–H and O–H groups in total. The van der Waals surface area contributed by atoms with Crippen molar-refractivity contribution in [2.75, 3.05) is 26.8 Å². The number of nitrogens with one attached hydrogen (secondary N) is 2. The zero-order chi connectivity index (χ0) is 20.4. The summed E-state index contributed by atoms with van der Waals surface area (Å²) in [5.41, 5.74) is 2.79. The summed E-state index contributed by atoms with van der Waals surface area (Å²) in [6.07, 6.45) is 10.1. The first kappa shape index (κ1) is 24.7. The lowest BCUT2D eigenvalue weighted by molar-refractivity contribution is 0.138. The highest BCUT2D eigenvalue weighted by molar-refractivity contribution is 14.0. The SMILES string of the molecule is CCNC(=NCc1cccc(Cn2cccn2)c1)NCC1(CCOC)CCCC1.I. The Bertz CT molecular complexity index is 757. The predicted molar refractivity (Wildman–Crippen MR) is 133 cm³/mol. The number of aliphatic imine (C=N–C) groups is 1. The second kappa shape index (κ2) is 12.9. The summed E-state index contributed by atoms with van der Waals surface area (Å²) < 4.78 is 7.30. The van der Waals surface area contributed by atoms with Crippen molar-refractivity contribution < 1.29 is 4.74 Å². The van der Waals surface area contributed by atoms with Crippen molar-refractivity contribution in [3.63, 3.8) is 0 Å². The van der Waals surface area contributed by atoms with Crippen LogP contribution in [0, 0.1) is 5.41 Å². The highest BCUT2D eigenvalue weighted by atomic mass is 127. The molecule has 0 radical (unpaired) electrons. The Hall–Kier alpha value is -1.61. The maximum absolute atomic E-state index is 5.36. The summed E-state index contributed by atoms with van der Waals surface area (Å²) in [5, 5.41) is 11.3. The molecule has 30 heavy (non-hydrogen) atoms. The van der Waals surface area contributed by atoms with E-state index in [-0.39, 0.29) is 24.0 Å². The highest BCUT2D eigenvalue weighted by Gasteiger charge is 2.33. The van der Waals surface area contributed by atoms with Gasteiger partial charge in [-0.2, -0.15) is 5.10 Å². The molecule has 3 rings (SSSR count). The first-order valence-corrected chi connectivity index (χ1v) is 10.8. The molecule has 0 amide bonds.